The topological polar surface area (TPSA) is 69.9 Å². The molecule has 1 aliphatic heterocycles. The largest absolute Gasteiger partial charge is 0.409 e. The molecule has 3 heterocycles. The summed E-state index contributed by atoms with van der Waals surface area (Å²) in [6, 6.07) is -0.477. The second kappa shape index (κ2) is 5.87. The molecule has 3 rings (SSSR count). The summed E-state index contributed by atoms with van der Waals surface area (Å²) in [7, 11) is 0. The normalized spacial score (nSPS) is 19.4. The standard InChI is InChI=1S/C14H15F3N4O2S/c1-7(22)12-8(2)24-13-18-9(5-11(23)21(12)13)6-20-4-3-10(19-20)14(15,16)17/h3-5,7,10,19,22H,6H2,1-2H3. The highest BCUT2D eigenvalue weighted by Gasteiger charge is 2.40. The first kappa shape index (κ1) is 16.9. The van der Waals surface area contributed by atoms with E-state index in [-0.39, 0.29) is 12.1 Å². The Morgan fingerprint density at radius 3 is 2.79 bits per heavy atom. The fraction of sp³-hybridized carbons (Fsp3) is 0.429. The van der Waals surface area contributed by atoms with E-state index in [4.69, 9.17) is 0 Å². The van der Waals surface area contributed by atoms with Crippen LogP contribution in [0.15, 0.2) is 23.1 Å². The number of thiazole rings is 1. The molecule has 0 saturated heterocycles. The van der Waals surface area contributed by atoms with Gasteiger partial charge in [-0.3, -0.25) is 9.20 Å². The van der Waals surface area contributed by atoms with Crippen LogP contribution in [0.3, 0.4) is 0 Å². The van der Waals surface area contributed by atoms with E-state index in [2.05, 4.69) is 10.4 Å². The quantitative estimate of drug-likeness (QED) is 0.875. The lowest BCUT2D eigenvalue weighted by molar-refractivity contribution is -0.150. The van der Waals surface area contributed by atoms with Gasteiger partial charge in [0.15, 0.2) is 4.96 Å². The van der Waals surface area contributed by atoms with Crippen molar-refractivity contribution in [3.63, 3.8) is 0 Å². The minimum absolute atomic E-state index is 0.0236. The van der Waals surface area contributed by atoms with Crippen LogP contribution in [0.4, 0.5) is 13.2 Å². The van der Waals surface area contributed by atoms with Crippen LogP contribution in [0.25, 0.3) is 4.96 Å². The van der Waals surface area contributed by atoms with Crippen LogP contribution in [0.2, 0.25) is 0 Å². The van der Waals surface area contributed by atoms with Gasteiger partial charge < -0.3 is 10.1 Å². The Bertz CT molecular complexity index is 856. The van der Waals surface area contributed by atoms with Crippen LogP contribution in [0, 0.1) is 6.92 Å². The molecule has 2 aromatic heterocycles. The first-order valence-electron chi connectivity index (χ1n) is 7.14. The Kier molecular flexibility index (Phi) is 4.14. The molecule has 6 nitrogen and oxygen atoms in total. The molecule has 130 valence electrons. The summed E-state index contributed by atoms with van der Waals surface area (Å²) >= 11 is 1.25. The number of aliphatic hydroxyl groups is 1. The molecule has 0 bridgehead atoms. The van der Waals surface area contributed by atoms with Gasteiger partial charge in [-0.25, -0.2) is 10.4 Å². The van der Waals surface area contributed by atoms with Crippen molar-refractivity contribution >= 4 is 16.3 Å². The molecule has 0 amide bonds. The minimum Gasteiger partial charge on any atom is -0.387 e. The van der Waals surface area contributed by atoms with E-state index in [1.807, 2.05) is 0 Å². The Balaban J connectivity index is 1.88. The lowest BCUT2D eigenvalue weighted by Crippen LogP contribution is -2.43. The molecule has 0 saturated carbocycles. The van der Waals surface area contributed by atoms with Gasteiger partial charge in [-0.2, -0.15) is 13.2 Å². The number of rotatable bonds is 3. The van der Waals surface area contributed by atoms with E-state index in [1.54, 1.807) is 13.8 Å². The van der Waals surface area contributed by atoms with Gasteiger partial charge in [-0.15, -0.1) is 11.3 Å². The highest BCUT2D eigenvalue weighted by molar-refractivity contribution is 7.17. The molecule has 0 radical (unpaired) electrons. The number of alkyl halides is 3. The highest BCUT2D eigenvalue weighted by Crippen LogP contribution is 2.26. The fourth-order valence-electron chi connectivity index (χ4n) is 2.62. The fourth-order valence-corrected chi connectivity index (χ4v) is 3.70. The predicted octanol–water partition coefficient (Wildman–Crippen LogP) is 1.88. The molecule has 1 aliphatic rings. The first-order chi connectivity index (χ1) is 11.2. The maximum absolute atomic E-state index is 12.6. The zero-order valence-electron chi connectivity index (χ0n) is 12.8. The molecule has 10 heteroatoms. The monoisotopic (exact) mass is 360 g/mol. The van der Waals surface area contributed by atoms with Crippen LogP contribution < -0.4 is 11.0 Å². The Morgan fingerprint density at radius 2 is 2.21 bits per heavy atom. The summed E-state index contributed by atoms with van der Waals surface area (Å²) in [6.45, 7) is 3.36. The van der Waals surface area contributed by atoms with E-state index < -0.39 is 18.3 Å². The molecular formula is C14H15F3N4O2S. The summed E-state index contributed by atoms with van der Waals surface area (Å²) in [4.78, 5) is 17.8. The van der Waals surface area contributed by atoms with E-state index in [1.165, 1.54) is 33.0 Å². The summed E-state index contributed by atoms with van der Waals surface area (Å²) < 4.78 is 39.2. The number of hydrogen-bond acceptors (Lipinski definition) is 6. The molecule has 2 N–H and O–H groups in total. The van der Waals surface area contributed by atoms with Gasteiger partial charge in [0, 0.05) is 17.1 Å². The molecule has 24 heavy (non-hydrogen) atoms. The second-order valence-corrected chi connectivity index (χ2v) is 6.72. The van der Waals surface area contributed by atoms with Gasteiger partial charge in [0.05, 0.1) is 24.0 Å². The molecule has 0 aromatic carbocycles. The summed E-state index contributed by atoms with van der Waals surface area (Å²) in [5.74, 6) is 0. The van der Waals surface area contributed by atoms with Crippen LogP contribution >= 0.6 is 11.3 Å². The van der Waals surface area contributed by atoms with Crippen LogP contribution in [-0.2, 0) is 6.54 Å². The minimum atomic E-state index is -4.38. The second-order valence-electron chi connectivity index (χ2n) is 5.54. The van der Waals surface area contributed by atoms with Crippen molar-refractivity contribution in [2.45, 2.75) is 38.7 Å². The van der Waals surface area contributed by atoms with E-state index in [0.717, 1.165) is 11.0 Å². The van der Waals surface area contributed by atoms with Crippen LogP contribution in [-0.4, -0.2) is 31.7 Å². The van der Waals surface area contributed by atoms with Crippen molar-refractivity contribution in [2.24, 2.45) is 0 Å². The number of hydrazine groups is 1. The Morgan fingerprint density at radius 1 is 1.50 bits per heavy atom. The number of nitrogens with one attached hydrogen (secondary N) is 1. The average molecular weight is 360 g/mol. The number of halogens is 3. The van der Waals surface area contributed by atoms with Crippen molar-refractivity contribution < 1.29 is 18.3 Å². The SMILES string of the molecule is Cc1sc2nc(CN3C=CC(C(F)(F)F)N3)cc(=O)n2c1C(C)O. The molecule has 2 aromatic rings. The maximum Gasteiger partial charge on any atom is 0.409 e. The van der Waals surface area contributed by atoms with Gasteiger partial charge in [0.25, 0.3) is 5.56 Å². The van der Waals surface area contributed by atoms with Gasteiger partial charge >= 0.3 is 6.18 Å². The predicted molar refractivity (Wildman–Crippen MR) is 82.4 cm³/mol. The van der Waals surface area contributed by atoms with Gasteiger partial charge in [0.2, 0.25) is 0 Å². The van der Waals surface area contributed by atoms with Crippen molar-refractivity contribution in [1.82, 2.24) is 19.8 Å². The first-order valence-corrected chi connectivity index (χ1v) is 7.96. The molecule has 2 unspecified atom stereocenters. The lowest BCUT2D eigenvalue weighted by Gasteiger charge is -2.20. The van der Waals surface area contributed by atoms with E-state index in [0.29, 0.717) is 16.3 Å². The highest BCUT2D eigenvalue weighted by atomic mass is 32.1. The third-order valence-electron chi connectivity index (χ3n) is 3.63. The Labute approximate surface area is 138 Å². The van der Waals surface area contributed by atoms with Crippen molar-refractivity contribution in [1.29, 1.82) is 0 Å². The number of nitrogens with zero attached hydrogens (tertiary/aromatic N) is 3. The van der Waals surface area contributed by atoms with Crippen molar-refractivity contribution in [3.8, 4) is 0 Å². The summed E-state index contributed by atoms with van der Waals surface area (Å²) in [6.07, 6.45) is -2.91. The van der Waals surface area contributed by atoms with E-state index >= 15 is 0 Å². The summed E-state index contributed by atoms with van der Waals surface area (Å²) in [5.41, 5.74) is 2.75. The van der Waals surface area contributed by atoms with E-state index in [9.17, 15) is 23.1 Å². The van der Waals surface area contributed by atoms with Crippen molar-refractivity contribution in [3.05, 3.63) is 45.0 Å². The average Bonchev–Trinajstić information content (AvgIpc) is 3.02. The molecule has 0 spiro atoms. The number of fused-ring (bicyclic) bond motifs is 1. The molecule has 2 atom stereocenters. The third-order valence-corrected chi connectivity index (χ3v) is 4.60. The molecular weight excluding hydrogens is 345 g/mol. The maximum atomic E-state index is 12.6. The number of aromatic nitrogens is 2. The van der Waals surface area contributed by atoms with Crippen LogP contribution in [0.5, 0.6) is 0 Å². The smallest absolute Gasteiger partial charge is 0.387 e. The van der Waals surface area contributed by atoms with Gasteiger partial charge in [0.1, 0.15) is 6.04 Å². The number of aryl methyl sites for hydroxylation is 1. The van der Waals surface area contributed by atoms with Gasteiger partial charge in [-0.1, -0.05) is 0 Å². The zero-order chi connectivity index (χ0) is 17.6. The van der Waals surface area contributed by atoms with Gasteiger partial charge in [-0.05, 0) is 19.9 Å². The molecule has 0 fully saturated rings. The zero-order valence-corrected chi connectivity index (χ0v) is 13.6. The molecule has 0 aliphatic carbocycles. The number of hydrogen-bond donors (Lipinski definition) is 2. The third kappa shape index (κ3) is 3.04. The van der Waals surface area contributed by atoms with Crippen molar-refractivity contribution in [2.75, 3.05) is 0 Å². The lowest BCUT2D eigenvalue weighted by atomic mass is 10.2. The number of aliphatic hydroxyl groups excluding tert-OH is 1. The Hall–Kier alpha value is -1.91. The van der Waals surface area contributed by atoms with Crippen LogP contribution in [0.1, 0.15) is 29.3 Å². The summed E-state index contributed by atoms with van der Waals surface area (Å²) in [5, 5.41) is 11.0.